The van der Waals surface area contributed by atoms with Crippen LogP contribution >= 0.6 is 0 Å². The van der Waals surface area contributed by atoms with Crippen molar-refractivity contribution < 1.29 is 18.2 Å². The number of imide groups is 1. The summed E-state index contributed by atoms with van der Waals surface area (Å²) in [5.74, 6) is -0.813. The third kappa shape index (κ3) is 4.10. The van der Waals surface area contributed by atoms with Crippen LogP contribution in [-0.2, 0) is 26.8 Å². The second-order valence-electron chi connectivity index (χ2n) is 6.65. The fourth-order valence-electron chi connectivity index (χ4n) is 3.04. The van der Waals surface area contributed by atoms with E-state index in [-0.39, 0.29) is 23.3 Å². The first-order chi connectivity index (χ1) is 14.4. The number of hydrogen-bond donors (Lipinski definition) is 2. The van der Waals surface area contributed by atoms with Crippen molar-refractivity contribution >= 4 is 40.3 Å². The highest BCUT2D eigenvalue weighted by molar-refractivity contribution is 7.84. The number of nitrogens with one attached hydrogen (secondary N) is 2. The number of fused-ring (bicyclic) bond motifs is 1. The summed E-state index contributed by atoms with van der Waals surface area (Å²) in [4.78, 5) is 31.8. The van der Waals surface area contributed by atoms with Crippen molar-refractivity contribution in [3.05, 3.63) is 53.0 Å². The molecule has 0 bridgehead atoms. The van der Waals surface area contributed by atoms with Crippen molar-refractivity contribution in [2.24, 2.45) is 0 Å². The fourth-order valence-corrected chi connectivity index (χ4v) is 3.47. The van der Waals surface area contributed by atoms with E-state index in [1.165, 1.54) is 35.2 Å². The van der Waals surface area contributed by atoms with E-state index in [0.29, 0.717) is 35.7 Å². The van der Waals surface area contributed by atoms with Crippen molar-refractivity contribution in [2.45, 2.75) is 18.0 Å². The third-order valence-electron chi connectivity index (χ3n) is 4.44. The maximum atomic E-state index is 13.3. The lowest BCUT2D eigenvalue weighted by Crippen LogP contribution is -2.19. The molecule has 9 nitrogen and oxygen atoms in total. The van der Waals surface area contributed by atoms with E-state index in [1.54, 1.807) is 6.07 Å². The molecule has 1 aliphatic heterocycles. The standard InChI is InChI=1S/C19H17FN6O3S/c1-30(29)19-24-16-13(8-12-9-15(27)23-17(12)28)10-22-26(16)18(25-19)21-6-5-11-3-2-4-14(20)7-11/h2-4,7-8,10H,5-6,9H2,1H3,(H,21,24,25)(H,23,27,28). The molecule has 0 spiro atoms. The summed E-state index contributed by atoms with van der Waals surface area (Å²) in [6.07, 6.45) is 5.00. The number of aromatic nitrogens is 4. The quantitative estimate of drug-likeness (QED) is 0.446. The SMILES string of the molecule is CS(=O)c1nc(NCCc2cccc(F)c2)n2ncc(C=C3CC(=O)NC3=O)c2n1. The van der Waals surface area contributed by atoms with Crippen molar-refractivity contribution in [1.82, 2.24) is 24.9 Å². The largest absolute Gasteiger partial charge is 0.354 e. The van der Waals surface area contributed by atoms with E-state index in [9.17, 15) is 18.2 Å². The molecule has 1 atom stereocenters. The maximum Gasteiger partial charge on any atom is 0.254 e. The van der Waals surface area contributed by atoms with Gasteiger partial charge in [-0.25, -0.2) is 4.39 Å². The minimum Gasteiger partial charge on any atom is -0.354 e. The van der Waals surface area contributed by atoms with Gasteiger partial charge in [0.1, 0.15) is 5.82 Å². The van der Waals surface area contributed by atoms with Crippen LogP contribution in [-0.4, -0.2) is 48.4 Å². The Bertz CT molecular complexity index is 1220. The molecule has 1 saturated heterocycles. The highest BCUT2D eigenvalue weighted by Gasteiger charge is 2.24. The topological polar surface area (TPSA) is 118 Å². The van der Waals surface area contributed by atoms with Crippen LogP contribution in [0.25, 0.3) is 11.7 Å². The molecule has 1 aromatic carbocycles. The lowest BCUT2D eigenvalue weighted by molar-refractivity contribution is -0.124. The first kappa shape index (κ1) is 19.8. The van der Waals surface area contributed by atoms with Crippen LogP contribution in [0.1, 0.15) is 17.5 Å². The van der Waals surface area contributed by atoms with Crippen molar-refractivity contribution in [1.29, 1.82) is 0 Å². The Balaban J connectivity index is 1.65. The first-order valence-corrected chi connectivity index (χ1v) is 10.6. The van der Waals surface area contributed by atoms with Gasteiger partial charge >= 0.3 is 0 Å². The number of halogens is 1. The Kier molecular flexibility index (Phi) is 5.36. The van der Waals surface area contributed by atoms with Crippen LogP contribution in [0.4, 0.5) is 10.3 Å². The second-order valence-corrected chi connectivity index (χ2v) is 7.92. The number of anilines is 1. The molecule has 2 amide bonds. The smallest absolute Gasteiger partial charge is 0.254 e. The van der Waals surface area contributed by atoms with Gasteiger partial charge in [0.25, 0.3) is 5.91 Å². The van der Waals surface area contributed by atoms with Gasteiger partial charge in [0.2, 0.25) is 17.0 Å². The monoisotopic (exact) mass is 428 g/mol. The molecular weight excluding hydrogens is 411 g/mol. The molecule has 0 radical (unpaired) electrons. The van der Waals surface area contributed by atoms with E-state index < -0.39 is 16.7 Å². The van der Waals surface area contributed by atoms with E-state index in [0.717, 1.165) is 5.56 Å². The van der Waals surface area contributed by atoms with E-state index in [4.69, 9.17) is 0 Å². The van der Waals surface area contributed by atoms with Crippen LogP contribution in [0.15, 0.2) is 41.2 Å². The summed E-state index contributed by atoms with van der Waals surface area (Å²) in [6.45, 7) is 0.429. The number of amides is 2. The lowest BCUT2D eigenvalue weighted by Gasteiger charge is -2.09. The number of hydrogen-bond acceptors (Lipinski definition) is 7. The average Bonchev–Trinajstić information content (AvgIpc) is 3.24. The van der Waals surface area contributed by atoms with Gasteiger partial charge in [-0.05, 0) is 30.2 Å². The summed E-state index contributed by atoms with van der Waals surface area (Å²) in [7, 11) is -1.46. The zero-order valence-electron chi connectivity index (χ0n) is 15.9. The molecule has 3 heterocycles. The number of nitrogens with zero attached hydrogens (tertiary/aromatic N) is 4. The summed E-state index contributed by atoms with van der Waals surface area (Å²) in [5.41, 5.74) is 1.96. The minimum absolute atomic E-state index is 0.0213. The van der Waals surface area contributed by atoms with Crippen molar-refractivity contribution in [3.8, 4) is 0 Å². The Morgan fingerprint density at radius 2 is 2.17 bits per heavy atom. The molecule has 0 saturated carbocycles. The second kappa shape index (κ2) is 8.11. The van der Waals surface area contributed by atoms with Crippen LogP contribution in [0, 0.1) is 5.82 Å². The summed E-state index contributed by atoms with van der Waals surface area (Å²) < 4.78 is 26.8. The summed E-state index contributed by atoms with van der Waals surface area (Å²) in [6, 6.07) is 6.30. The predicted molar refractivity (Wildman–Crippen MR) is 107 cm³/mol. The molecule has 4 rings (SSSR count). The maximum absolute atomic E-state index is 13.3. The molecule has 11 heteroatoms. The minimum atomic E-state index is -1.46. The zero-order valence-corrected chi connectivity index (χ0v) is 16.7. The van der Waals surface area contributed by atoms with Crippen LogP contribution in [0.5, 0.6) is 0 Å². The highest BCUT2D eigenvalue weighted by Crippen LogP contribution is 2.20. The van der Waals surface area contributed by atoms with Gasteiger partial charge in [-0.15, -0.1) is 0 Å². The van der Waals surface area contributed by atoms with Gasteiger partial charge < -0.3 is 5.32 Å². The van der Waals surface area contributed by atoms with Crippen LogP contribution in [0.3, 0.4) is 0 Å². The molecule has 1 fully saturated rings. The molecule has 1 aliphatic rings. The molecule has 30 heavy (non-hydrogen) atoms. The average molecular weight is 428 g/mol. The van der Waals surface area contributed by atoms with Gasteiger partial charge in [0.15, 0.2) is 5.65 Å². The van der Waals surface area contributed by atoms with Crippen molar-refractivity contribution in [3.63, 3.8) is 0 Å². The zero-order chi connectivity index (χ0) is 21.3. The highest BCUT2D eigenvalue weighted by atomic mass is 32.2. The van der Waals surface area contributed by atoms with Gasteiger partial charge in [0, 0.05) is 23.9 Å². The van der Waals surface area contributed by atoms with Gasteiger partial charge in [-0.1, -0.05) is 12.1 Å². The Morgan fingerprint density at radius 1 is 1.33 bits per heavy atom. The van der Waals surface area contributed by atoms with Gasteiger partial charge in [-0.2, -0.15) is 19.6 Å². The van der Waals surface area contributed by atoms with Gasteiger partial charge in [0.05, 0.1) is 23.4 Å². The Hall–Kier alpha value is -3.47. The Labute approximate surface area is 172 Å². The molecule has 1 unspecified atom stereocenters. The van der Waals surface area contributed by atoms with Crippen LogP contribution < -0.4 is 10.6 Å². The number of benzene rings is 1. The molecule has 2 aromatic heterocycles. The normalized spacial score (nSPS) is 16.3. The molecule has 2 N–H and O–H groups in total. The fraction of sp³-hybridized carbons (Fsp3) is 0.211. The van der Waals surface area contributed by atoms with Gasteiger partial charge in [-0.3, -0.25) is 19.1 Å². The summed E-state index contributed by atoms with van der Waals surface area (Å²) in [5, 5.41) is 9.69. The molecule has 154 valence electrons. The molecular formula is C19H17FN6O3S. The van der Waals surface area contributed by atoms with E-state index in [2.05, 4.69) is 25.7 Å². The Morgan fingerprint density at radius 3 is 2.87 bits per heavy atom. The third-order valence-corrected chi connectivity index (χ3v) is 5.14. The number of rotatable bonds is 6. The van der Waals surface area contributed by atoms with E-state index >= 15 is 0 Å². The van der Waals surface area contributed by atoms with Crippen molar-refractivity contribution in [2.75, 3.05) is 18.1 Å². The first-order valence-electron chi connectivity index (χ1n) is 9.03. The lowest BCUT2D eigenvalue weighted by atomic mass is 10.1. The van der Waals surface area contributed by atoms with E-state index in [1.807, 2.05) is 6.07 Å². The molecule has 3 aromatic rings. The number of carbonyl (C=O) groups is 2. The number of carbonyl (C=O) groups excluding carboxylic acids is 2. The predicted octanol–water partition coefficient (Wildman–Crippen LogP) is 1.09. The van der Waals surface area contributed by atoms with Crippen LogP contribution in [0.2, 0.25) is 0 Å². The molecule has 0 aliphatic carbocycles. The summed E-state index contributed by atoms with van der Waals surface area (Å²) >= 11 is 0.